The predicted molar refractivity (Wildman–Crippen MR) is 89.4 cm³/mol. The van der Waals surface area contributed by atoms with Crippen molar-refractivity contribution in [3.8, 4) is 0 Å². The zero-order valence-electron chi connectivity index (χ0n) is 12.8. The number of likely N-dealkylation sites (tertiary alicyclic amines) is 1. The number of hydrogen-bond acceptors (Lipinski definition) is 3. The Hall–Kier alpha value is -1.97. The fourth-order valence-electron chi connectivity index (χ4n) is 2.87. The topological polar surface area (TPSA) is 36.4 Å². The van der Waals surface area contributed by atoms with Crippen molar-refractivity contribution in [1.82, 2.24) is 9.88 Å². The fourth-order valence-corrected chi connectivity index (χ4v) is 2.87. The highest BCUT2D eigenvalue weighted by atomic mass is 16.3. The van der Waals surface area contributed by atoms with E-state index < -0.39 is 0 Å². The smallest absolute Gasteiger partial charge is 0.0705 e. The maximum absolute atomic E-state index is 9.20. The van der Waals surface area contributed by atoms with E-state index in [0.717, 1.165) is 28.9 Å². The van der Waals surface area contributed by atoms with Crippen LogP contribution in [0.15, 0.2) is 54.7 Å². The van der Waals surface area contributed by atoms with Gasteiger partial charge in [0.25, 0.3) is 0 Å². The molecule has 3 nitrogen and oxygen atoms in total. The molecule has 1 fully saturated rings. The minimum absolute atomic E-state index is 0.0801. The summed E-state index contributed by atoms with van der Waals surface area (Å²) in [5.74, 6) is 0. The normalized spacial score (nSPS) is 16.1. The summed E-state index contributed by atoms with van der Waals surface area (Å²) >= 11 is 0. The summed E-state index contributed by atoms with van der Waals surface area (Å²) in [7, 11) is 0. The van der Waals surface area contributed by atoms with Gasteiger partial charge >= 0.3 is 0 Å². The van der Waals surface area contributed by atoms with E-state index in [1.165, 1.54) is 25.9 Å². The number of pyridine rings is 1. The van der Waals surface area contributed by atoms with Crippen molar-refractivity contribution in [2.75, 3.05) is 19.6 Å². The van der Waals surface area contributed by atoms with E-state index >= 15 is 0 Å². The molecule has 1 aliphatic heterocycles. The van der Waals surface area contributed by atoms with Gasteiger partial charge in [0.15, 0.2) is 0 Å². The number of aliphatic hydroxyl groups is 1. The van der Waals surface area contributed by atoms with Gasteiger partial charge in [-0.3, -0.25) is 9.88 Å². The molecule has 0 radical (unpaired) electrons. The lowest BCUT2D eigenvalue weighted by molar-refractivity contribution is 0.282. The molecule has 1 aliphatic rings. The standard InChI is InChI=1S/C19H22N2O/c22-15-16-6-8-17(9-7-16)18(19-5-1-2-11-20-19)10-14-21-12-3-4-13-21/h1-2,5-11,22H,3-4,12-15H2/b18-10+. The molecule has 22 heavy (non-hydrogen) atoms. The lowest BCUT2D eigenvalue weighted by atomic mass is 10.0. The molecular formula is C19H22N2O. The summed E-state index contributed by atoms with van der Waals surface area (Å²) < 4.78 is 0. The highest BCUT2D eigenvalue weighted by molar-refractivity contribution is 5.78. The number of rotatable bonds is 5. The van der Waals surface area contributed by atoms with Crippen LogP contribution in [0.25, 0.3) is 5.57 Å². The average Bonchev–Trinajstić information content (AvgIpc) is 3.10. The Labute approximate surface area is 131 Å². The summed E-state index contributed by atoms with van der Waals surface area (Å²) in [5, 5.41) is 9.20. The van der Waals surface area contributed by atoms with Crippen LogP contribution >= 0.6 is 0 Å². The quantitative estimate of drug-likeness (QED) is 0.920. The first-order chi connectivity index (χ1) is 10.9. The summed E-state index contributed by atoms with van der Waals surface area (Å²) in [6, 6.07) is 14.1. The summed E-state index contributed by atoms with van der Waals surface area (Å²) in [5.41, 5.74) is 4.24. The Kier molecular flexibility index (Phi) is 4.99. The number of nitrogens with zero attached hydrogens (tertiary/aromatic N) is 2. The van der Waals surface area contributed by atoms with Gasteiger partial charge in [0.2, 0.25) is 0 Å². The Morgan fingerprint density at radius 1 is 1.09 bits per heavy atom. The van der Waals surface area contributed by atoms with Crippen molar-refractivity contribution in [1.29, 1.82) is 0 Å². The molecule has 1 aromatic heterocycles. The van der Waals surface area contributed by atoms with E-state index in [0.29, 0.717) is 0 Å². The number of benzene rings is 1. The molecule has 0 unspecified atom stereocenters. The molecule has 114 valence electrons. The first-order valence-electron chi connectivity index (χ1n) is 7.91. The SMILES string of the molecule is OCc1ccc(/C(=C\CN2CCCC2)c2ccccn2)cc1. The maximum atomic E-state index is 9.20. The van der Waals surface area contributed by atoms with E-state index in [-0.39, 0.29) is 6.61 Å². The van der Waals surface area contributed by atoms with Gasteiger partial charge in [-0.25, -0.2) is 0 Å². The molecular weight excluding hydrogens is 272 g/mol. The van der Waals surface area contributed by atoms with Crippen molar-refractivity contribution < 1.29 is 5.11 Å². The highest BCUT2D eigenvalue weighted by Crippen LogP contribution is 2.22. The Morgan fingerprint density at radius 2 is 1.86 bits per heavy atom. The first-order valence-corrected chi connectivity index (χ1v) is 7.91. The molecule has 2 heterocycles. The van der Waals surface area contributed by atoms with Crippen LogP contribution in [0.3, 0.4) is 0 Å². The van der Waals surface area contributed by atoms with Gasteiger partial charge in [-0.1, -0.05) is 36.4 Å². The third kappa shape index (κ3) is 3.62. The molecule has 3 rings (SSSR count). The molecule has 1 aromatic carbocycles. The van der Waals surface area contributed by atoms with Crippen molar-refractivity contribution in [3.05, 3.63) is 71.6 Å². The van der Waals surface area contributed by atoms with Crippen LogP contribution in [0.4, 0.5) is 0 Å². The van der Waals surface area contributed by atoms with Crippen LogP contribution in [-0.2, 0) is 6.61 Å². The number of aliphatic hydroxyl groups excluding tert-OH is 1. The van der Waals surface area contributed by atoms with Crippen LogP contribution in [0, 0.1) is 0 Å². The molecule has 0 spiro atoms. The Bertz CT molecular complexity index is 614. The fraction of sp³-hybridized carbons (Fsp3) is 0.316. The summed E-state index contributed by atoms with van der Waals surface area (Å²) in [4.78, 5) is 6.98. The second-order valence-corrected chi connectivity index (χ2v) is 5.70. The van der Waals surface area contributed by atoms with Gasteiger partial charge < -0.3 is 5.11 Å². The molecule has 0 saturated carbocycles. The summed E-state index contributed by atoms with van der Waals surface area (Å²) in [6.07, 6.45) is 6.72. The second-order valence-electron chi connectivity index (χ2n) is 5.70. The third-order valence-corrected chi connectivity index (χ3v) is 4.14. The van der Waals surface area contributed by atoms with E-state index in [9.17, 15) is 5.11 Å². The minimum atomic E-state index is 0.0801. The zero-order chi connectivity index (χ0) is 15.2. The van der Waals surface area contributed by atoms with Gasteiger partial charge in [-0.15, -0.1) is 0 Å². The average molecular weight is 294 g/mol. The van der Waals surface area contributed by atoms with Crippen molar-refractivity contribution in [3.63, 3.8) is 0 Å². The van der Waals surface area contributed by atoms with E-state index in [1.54, 1.807) is 0 Å². The van der Waals surface area contributed by atoms with Crippen molar-refractivity contribution >= 4 is 5.57 Å². The van der Waals surface area contributed by atoms with Crippen molar-refractivity contribution in [2.24, 2.45) is 0 Å². The Balaban J connectivity index is 1.89. The maximum Gasteiger partial charge on any atom is 0.0705 e. The largest absolute Gasteiger partial charge is 0.392 e. The zero-order valence-corrected chi connectivity index (χ0v) is 12.8. The van der Waals surface area contributed by atoms with Crippen LogP contribution < -0.4 is 0 Å². The monoisotopic (exact) mass is 294 g/mol. The second kappa shape index (κ2) is 7.34. The van der Waals surface area contributed by atoms with Gasteiger partial charge in [-0.05, 0) is 49.2 Å². The molecule has 2 aromatic rings. The van der Waals surface area contributed by atoms with Gasteiger partial charge in [0, 0.05) is 18.3 Å². The highest BCUT2D eigenvalue weighted by Gasteiger charge is 2.11. The summed E-state index contributed by atoms with van der Waals surface area (Å²) in [6.45, 7) is 3.43. The van der Waals surface area contributed by atoms with Crippen molar-refractivity contribution in [2.45, 2.75) is 19.4 Å². The van der Waals surface area contributed by atoms with E-state index in [4.69, 9.17) is 0 Å². The molecule has 1 saturated heterocycles. The minimum Gasteiger partial charge on any atom is -0.392 e. The van der Waals surface area contributed by atoms with Crippen LogP contribution in [0.2, 0.25) is 0 Å². The molecule has 3 heteroatoms. The van der Waals surface area contributed by atoms with Crippen LogP contribution in [0.5, 0.6) is 0 Å². The Morgan fingerprint density at radius 3 is 2.50 bits per heavy atom. The molecule has 1 N–H and O–H groups in total. The van der Waals surface area contributed by atoms with E-state index in [2.05, 4.69) is 34.2 Å². The lowest BCUT2D eigenvalue weighted by Gasteiger charge is -2.14. The lowest BCUT2D eigenvalue weighted by Crippen LogP contribution is -2.19. The molecule has 0 bridgehead atoms. The predicted octanol–water partition coefficient (Wildman–Crippen LogP) is 3.10. The number of aromatic nitrogens is 1. The van der Waals surface area contributed by atoms with Gasteiger partial charge in [0.05, 0.1) is 12.3 Å². The molecule has 0 atom stereocenters. The molecule has 0 amide bonds. The van der Waals surface area contributed by atoms with Gasteiger partial charge in [-0.2, -0.15) is 0 Å². The van der Waals surface area contributed by atoms with Gasteiger partial charge in [0.1, 0.15) is 0 Å². The number of hydrogen-bond donors (Lipinski definition) is 1. The third-order valence-electron chi connectivity index (χ3n) is 4.14. The van der Waals surface area contributed by atoms with Crippen LogP contribution in [0.1, 0.15) is 29.7 Å². The van der Waals surface area contributed by atoms with Crippen LogP contribution in [-0.4, -0.2) is 34.6 Å². The first kappa shape index (κ1) is 14.9. The molecule has 0 aliphatic carbocycles. The van der Waals surface area contributed by atoms with E-state index in [1.807, 2.05) is 30.5 Å².